The van der Waals surface area contributed by atoms with Crippen LogP contribution in [-0.4, -0.2) is 35.6 Å². The minimum Gasteiger partial charge on any atom is -0.480 e. The zero-order chi connectivity index (χ0) is 17.4. The van der Waals surface area contributed by atoms with Crippen molar-refractivity contribution >= 4 is 39.5 Å². The first-order chi connectivity index (χ1) is 10.8. The van der Waals surface area contributed by atoms with Crippen molar-refractivity contribution in [2.24, 2.45) is 0 Å². The molecule has 1 atom stereocenters. The van der Waals surface area contributed by atoms with Gasteiger partial charge in [0.05, 0.1) is 5.69 Å². The Hall–Kier alpha value is -2.16. The average Bonchev–Trinajstić information content (AvgIpc) is 2.47. The van der Waals surface area contributed by atoms with Crippen molar-refractivity contribution < 1.29 is 23.9 Å². The molecule has 0 heterocycles. The molecule has 23 heavy (non-hydrogen) atoms. The second kappa shape index (κ2) is 9.09. The van der Waals surface area contributed by atoms with Crippen LogP contribution in [-0.2, 0) is 9.59 Å². The standard InChI is InChI=1S/C14H17BrFN3O4/c1-2-3-11(13(22)17-7-12(20)21)19-14(23)18-10-5-4-8(15)6-9(10)16/h4-6,11H,2-3,7H2,1H3,(H,17,22)(H,20,21)(H2,18,19,23). The zero-order valence-corrected chi connectivity index (χ0v) is 13.9. The van der Waals surface area contributed by atoms with E-state index in [2.05, 4.69) is 31.9 Å². The molecule has 0 bridgehead atoms. The number of carbonyl (C=O) groups is 3. The van der Waals surface area contributed by atoms with Crippen LogP contribution in [0.2, 0.25) is 0 Å². The van der Waals surface area contributed by atoms with Gasteiger partial charge in [0.1, 0.15) is 18.4 Å². The molecule has 0 radical (unpaired) electrons. The Kier molecular flexibility index (Phi) is 7.46. The van der Waals surface area contributed by atoms with Crippen LogP contribution in [0.5, 0.6) is 0 Å². The number of anilines is 1. The first-order valence-corrected chi connectivity index (χ1v) is 7.64. The van der Waals surface area contributed by atoms with Crippen LogP contribution in [0.15, 0.2) is 22.7 Å². The van der Waals surface area contributed by atoms with Gasteiger partial charge in [0.15, 0.2) is 0 Å². The molecule has 7 nitrogen and oxygen atoms in total. The fourth-order valence-electron chi connectivity index (χ4n) is 1.75. The van der Waals surface area contributed by atoms with E-state index in [1.807, 2.05) is 6.92 Å². The Morgan fingerprint density at radius 3 is 2.61 bits per heavy atom. The fraction of sp³-hybridized carbons (Fsp3) is 0.357. The van der Waals surface area contributed by atoms with E-state index in [4.69, 9.17) is 5.11 Å². The number of carboxylic acid groups (broad SMARTS) is 1. The van der Waals surface area contributed by atoms with Crippen LogP contribution < -0.4 is 16.0 Å². The van der Waals surface area contributed by atoms with Crippen LogP contribution in [0, 0.1) is 5.82 Å². The SMILES string of the molecule is CCCC(NC(=O)Nc1ccc(Br)cc1F)C(=O)NCC(=O)O. The molecule has 0 aliphatic carbocycles. The molecule has 126 valence electrons. The molecule has 0 aromatic heterocycles. The third kappa shape index (κ3) is 6.64. The van der Waals surface area contributed by atoms with Gasteiger partial charge in [-0.1, -0.05) is 29.3 Å². The van der Waals surface area contributed by atoms with E-state index < -0.39 is 36.3 Å². The summed E-state index contributed by atoms with van der Waals surface area (Å²) in [6.45, 7) is 1.27. The number of halogens is 2. The van der Waals surface area contributed by atoms with Gasteiger partial charge in [-0.15, -0.1) is 0 Å². The number of hydrogen-bond acceptors (Lipinski definition) is 3. The van der Waals surface area contributed by atoms with Crippen LogP contribution in [0.4, 0.5) is 14.9 Å². The minimum absolute atomic E-state index is 0.0353. The Bertz CT molecular complexity index is 597. The first-order valence-electron chi connectivity index (χ1n) is 6.85. The molecule has 0 saturated heterocycles. The lowest BCUT2D eigenvalue weighted by atomic mass is 10.1. The van der Waals surface area contributed by atoms with Crippen molar-refractivity contribution in [3.63, 3.8) is 0 Å². The molecule has 0 fully saturated rings. The molecule has 0 saturated carbocycles. The van der Waals surface area contributed by atoms with Crippen LogP contribution in [0.25, 0.3) is 0 Å². The molecule has 1 aromatic carbocycles. The highest BCUT2D eigenvalue weighted by Gasteiger charge is 2.20. The second-order valence-electron chi connectivity index (χ2n) is 4.68. The summed E-state index contributed by atoms with van der Waals surface area (Å²) < 4.78 is 14.2. The number of rotatable bonds is 7. The maximum absolute atomic E-state index is 13.6. The topological polar surface area (TPSA) is 108 Å². The number of nitrogens with one attached hydrogen (secondary N) is 3. The van der Waals surface area contributed by atoms with Crippen molar-refractivity contribution in [1.82, 2.24) is 10.6 Å². The largest absolute Gasteiger partial charge is 0.480 e. The van der Waals surface area contributed by atoms with Crippen LogP contribution >= 0.6 is 15.9 Å². The number of amides is 3. The van der Waals surface area contributed by atoms with Gasteiger partial charge in [-0.25, -0.2) is 9.18 Å². The summed E-state index contributed by atoms with van der Waals surface area (Å²) in [4.78, 5) is 34.2. The lowest BCUT2D eigenvalue weighted by Gasteiger charge is -2.18. The Labute approximate surface area is 140 Å². The normalized spacial score (nSPS) is 11.4. The number of urea groups is 1. The van der Waals surface area contributed by atoms with E-state index in [9.17, 15) is 18.8 Å². The number of aliphatic carboxylic acids is 1. The van der Waals surface area contributed by atoms with Gasteiger partial charge in [0, 0.05) is 4.47 Å². The average molecular weight is 390 g/mol. The van der Waals surface area contributed by atoms with Crippen LogP contribution in [0.3, 0.4) is 0 Å². The van der Waals surface area contributed by atoms with Gasteiger partial charge >= 0.3 is 12.0 Å². The number of carbonyl (C=O) groups excluding carboxylic acids is 2. The third-order valence-corrected chi connectivity index (χ3v) is 3.29. The van der Waals surface area contributed by atoms with Gasteiger partial charge in [-0.3, -0.25) is 9.59 Å². The maximum Gasteiger partial charge on any atom is 0.322 e. The lowest BCUT2D eigenvalue weighted by Crippen LogP contribution is -2.49. The molecular weight excluding hydrogens is 373 g/mol. The molecule has 1 rings (SSSR count). The molecular formula is C14H17BrFN3O4. The molecule has 1 unspecified atom stereocenters. The molecule has 0 aliphatic rings. The molecule has 1 aromatic rings. The lowest BCUT2D eigenvalue weighted by molar-refractivity contribution is -0.138. The van der Waals surface area contributed by atoms with Crippen molar-refractivity contribution in [3.05, 3.63) is 28.5 Å². The highest BCUT2D eigenvalue weighted by Crippen LogP contribution is 2.19. The van der Waals surface area contributed by atoms with E-state index in [0.717, 1.165) is 0 Å². The van der Waals surface area contributed by atoms with E-state index in [-0.39, 0.29) is 5.69 Å². The summed E-state index contributed by atoms with van der Waals surface area (Å²) in [5.74, 6) is -2.42. The quantitative estimate of drug-likeness (QED) is 0.572. The summed E-state index contributed by atoms with van der Waals surface area (Å²) >= 11 is 3.10. The molecule has 0 spiro atoms. The molecule has 4 N–H and O–H groups in total. The van der Waals surface area contributed by atoms with Crippen molar-refractivity contribution in [2.75, 3.05) is 11.9 Å². The Balaban J connectivity index is 2.66. The molecule has 9 heteroatoms. The van der Waals surface area contributed by atoms with Gasteiger partial charge in [-0.05, 0) is 24.6 Å². The summed E-state index contributed by atoms with van der Waals surface area (Å²) in [5.41, 5.74) is -0.0353. The summed E-state index contributed by atoms with van der Waals surface area (Å²) in [6.07, 6.45) is 0.916. The zero-order valence-electron chi connectivity index (χ0n) is 12.4. The Morgan fingerprint density at radius 2 is 2.04 bits per heavy atom. The van der Waals surface area contributed by atoms with E-state index in [1.54, 1.807) is 6.07 Å². The van der Waals surface area contributed by atoms with Crippen molar-refractivity contribution in [1.29, 1.82) is 0 Å². The van der Waals surface area contributed by atoms with Crippen molar-refractivity contribution in [2.45, 2.75) is 25.8 Å². The smallest absolute Gasteiger partial charge is 0.322 e. The third-order valence-electron chi connectivity index (χ3n) is 2.79. The predicted octanol–water partition coefficient (Wildman–Crippen LogP) is 2.08. The number of hydrogen-bond donors (Lipinski definition) is 4. The predicted molar refractivity (Wildman–Crippen MR) is 85.6 cm³/mol. The Morgan fingerprint density at radius 1 is 1.35 bits per heavy atom. The highest BCUT2D eigenvalue weighted by atomic mass is 79.9. The second-order valence-corrected chi connectivity index (χ2v) is 5.59. The highest BCUT2D eigenvalue weighted by molar-refractivity contribution is 9.10. The number of benzene rings is 1. The van der Waals surface area contributed by atoms with Gasteiger partial charge in [0.2, 0.25) is 5.91 Å². The number of carboxylic acids is 1. The maximum atomic E-state index is 13.6. The van der Waals surface area contributed by atoms with Gasteiger partial charge < -0.3 is 21.1 Å². The van der Waals surface area contributed by atoms with Gasteiger partial charge in [0.25, 0.3) is 0 Å². The van der Waals surface area contributed by atoms with Crippen LogP contribution in [0.1, 0.15) is 19.8 Å². The van der Waals surface area contributed by atoms with E-state index in [1.165, 1.54) is 12.1 Å². The minimum atomic E-state index is -1.19. The monoisotopic (exact) mass is 389 g/mol. The summed E-state index contributed by atoms with van der Waals surface area (Å²) in [5, 5.41) is 15.4. The summed E-state index contributed by atoms with van der Waals surface area (Å²) in [7, 11) is 0. The molecule has 3 amide bonds. The molecule has 0 aliphatic heterocycles. The van der Waals surface area contributed by atoms with E-state index >= 15 is 0 Å². The van der Waals surface area contributed by atoms with E-state index in [0.29, 0.717) is 17.3 Å². The van der Waals surface area contributed by atoms with Gasteiger partial charge in [-0.2, -0.15) is 0 Å². The summed E-state index contributed by atoms with van der Waals surface area (Å²) in [6, 6.07) is 2.46. The first kappa shape index (κ1) is 18.9. The fourth-order valence-corrected chi connectivity index (χ4v) is 2.08. The van der Waals surface area contributed by atoms with Crippen molar-refractivity contribution in [3.8, 4) is 0 Å².